The first-order chi connectivity index (χ1) is 6.33. The maximum atomic E-state index is 10.4. The minimum atomic E-state index is -0.792. The lowest BCUT2D eigenvalue weighted by molar-refractivity contribution is -0.115. The van der Waals surface area contributed by atoms with Crippen molar-refractivity contribution in [2.24, 2.45) is 5.10 Å². The van der Waals surface area contributed by atoms with Crippen LogP contribution in [0.25, 0.3) is 0 Å². The summed E-state index contributed by atoms with van der Waals surface area (Å²) in [6.45, 7) is 0. The van der Waals surface area contributed by atoms with Gasteiger partial charge in [0.05, 0.1) is 6.21 Å². The Kier molecular flexibility index (Phi) is 3.15. The van der Waals surface area contributed by atoms with Crippen molar-refractivity contribution >= 4 is 12.1 Å². The van der Waals surface area contributed by atoms with Crippen molar-refractivity contribution in [2.75, 3.05) is 0 Å². The van der Waals surface area contributed by atoms with Gasteiger partial charge in [-0.15, -0.1) is 0 Å². The number of nitriles is 1. The summed E-state index contributed by atoms with van der Waals surface area (Å²) in [5.74, 6) is -0.792. The second-order valence-electron chi connectivity index (χ2n) is 2.10. The van der Waals surface area contributed by atoms with Crippen molar-refractivity contribution in [3.63, 3.8) is 0 Å². The second-order valence-corrected chi connectivity index (χ2v) is 2.10. The van der Waals surface area contributed by atoms with Crippen molar-refractivity contribution in [3.05, 3.63) is 30.1 Å². The molecule has 0 aliphatic heterocycles. The van der Waals surface area contributed by atoms with E-state index in [0.29, 0.717) is 0 Å². The zero-order valence-electron chi connectivity index (χ0n) is 6.64. The molecule has 0 radical (unpaired) electrons. The summed E-state index contributed by atoms with van der Waals surface area (Å²) in [4.78, 5) is 14.2. The van der Waals surface area contributed by atoms with Gasteiger partial charge in [0.15, 0.2) is 6.07 Å². The number of hydrazone groups is 1. The van der Waals surface area contributed by atoms with Gasteiger partial charge in [-0.25, -0.2) is 5.43 Å². The highest BCUT2D eigenvalue weighted by molar-refractivity contribution is 5.92. The first kappa shape index (κ1) is 8.87. The number of pyridine rings is 1. The monoisotopic (exact) mass is 174 g/mol. The molecule has 0 unspecified atom stereocenters. The molecule has 1 amide bonds. The average Bonchev–Trinajstić information content (AvgIpc) is 2.19. The molecule has 5 heteroatoms. The Balaban J connectivity index is 2.51. The molecule has 0 bridgehead atoms. The number of aromatic nitrogens is 1. The molecule has 1 heterocycles. The normalized spacial score (nSPS) is 9.46. The molecule has 0 saturated heterocycles. The first-order valence-electron chi connectivity index (χ1n) is 3.46. The lowest BCUT2D eigenvalue weighted by Crippen LogP contribution is -2.14. The molecule has 0 spiro atoms. The lowest BCUT2D eigenvalue weighted by atomic mass is 10.3. The fourth-order valence-electron chi connectivity index (χ4n) is 0.643. The topological polar surface area (TPSA) is 78.1 Å². The van der Waals surface area contributed by atoms with E-state index in [9.17, 15) is 4.79 Å². The Bertz CT molecular complexity index is 352. The highest BCUT2D eigenvalue weighted by Gasteiger charge is 1.91. The minimum Gasteiger partial charge on any atom is -0.264 e. The van der Waals surface area contributed by atoms with E-state index in [1.807, 2.05) is 5.43 Å². The van der Waals surface area contributed by atoms with Crippen LogP contribution in [0.15, 0.2) is 29.6 Å². The summed E-state index contributed by atoms with van der Waals surface area (Å²) >= 11 is 0. The number of rotatable bonds is 2. The van der Waals surface area contributed by atoms with E-state index in [2.05, 4.69) is 10.1 Å². The van der Waals surface area contributed by atoms with Gasteiger partial charge in [-0.3, -0.25) is 9.78 Å². The fourth-order valence-corrected chi connectivity index (χ4v) is 0.643. The molecular formula is C8H6N4O. The van der Waals surface area contributed by atoms with Crippen molar-refractivity contribution in [1.29, 1.82) is 5.26 Å². The third kappa shape index (κ3) is 3.12. The number of amides is 1. The average molecular weight is 174 g/mol. The van der Waals surface area contributed by atoms with Crippen molar-refractivity contribution in [1.82, 2.24) is 10.4 Å². The van der Waals surface area contributed by atoms with Gasteiger partial charge in [0, 0.05) is 18.0 Å². The third-order valence-corrected chi connectivity index (χ3v) is 1.17. The van der Waals surface area contributed by atoms with Gasteiger partial charge in [0.25, 0.3) is 0 Å². The zero-order valence-corrected chi connectivity index (χ0v) is 6.64. The number of carbonyl (C=O) groups is 1. The first-order valence-corrected chi connectivity index (χ1v) is 3.46. The molecule has 64 valence electrons. The second kappa shape index (κ2) is 4.62. The van der Waals surface area contributed by atoms with Gasteiger partial charge < -0.3 is 0 Å². The molecule has 5 nitrogen and oxygen atoms in total. The van der Waals surface area contributed by atoms with E-state index in [1.54, 1.807) is 24.5 Å². The van der Waals surface area contributed by atoms with Gasteiger partial charge in [-0.05, 0) is 6.07 Å². The van der Waals surface area contributed by atoms with Crippen LogP contribution in [0.5, 0.6) is 0 Å². The van der Waals surface area contributed by atoms with E-state index in [0.717, 1.165) is 5.56 Å². The quantitative estimate of drug-likeness (QED) is 0.391. The van der Waals surface area contributed by atoms with Crippen LogP contribution in [0.4, 0.5) is 0 Å². The van der Waals surface area contributed by atoms with E-state index in [4.69, 9.17) is 5.26 Å². The van der Waals surface area contributed by atoms with Crippen molar-refractivity contribution in [2.45, 2.75) is 0 Å². The maximum absolute atomic E-state index is 10.4. The summed E-state index contributed by atoms with van der Waals surface area (Å²) in [5, 5.41) is 11.6. The Morgan fingerprint density at radius 2 is 2.62 bits per heavy atom. The predicted octanol–water partition coefficient (Wildman–Crippen LogP) is 0.0553. The zero-order chi connectivity index (χ0) is 9.52. The van der Waals surface area contributed by atoms with Crippen LogP contribution in [0, 0.1) is 11.3 Å². The number of nitrogens with zero attached hydrogens (tertiary/aromatic N) is 3. The highest BCUT2D eigenvalue weighted by atomic mass is 16.2. The van der Waals surface area contributed by atoms with Crippen LogP contribution in [0.1, 0.15) is 5.56 Å². The lowest BCUT2D eigenvalue weighted by Gasteiger charge is -1.89. The summed E-state index contributed by atoms with van der Waals surface area (Å²) in [5.41, 5.74) is 2.77. The van der Waals surface area contributed by atoms with Crippen LogP contribution in [0.3, 0.4) is 0 Å². The molecular weight excluding hydrogens is 168 g/mol. The van der Waals surface area contributed by atoms with Crippen LogP contribution >= 0.6 is 0 Å². The van der Waals surface area contributed by atoms with Crippen LogP contribution < -0.4 is 5.43 Å². The molecule has 13 heavy (non-hydrogen) atoms. The molecule has 1 N–H and O–H groups in total. The predicted molar refractivity (Wildman–Crippen MR) is 45.6 cm³/mol. The molecule has 0 aliphatic carbocycles. The molecule has 0 saturated carbocycles. The molecule has 0 atom stereocenters. The SMILES string of the molecule is N#CC(=O)N/N=C\c1cccnc1. The fraction of sp³-hybridized carbons (Fsp3) is 0. The van der Waals surface area contributed by atoms with E-state index in [-0.39, 0.29) is 0 Å². The van der Waals surface area contributed by atoms with E-state index in [1.165, 1.54) is 12.3 Å². The van der Waals surface area contributed by atoms with Gasteiger partial charge in [-0.2, -0.15) is 10.4 Å². The highest BCUT2D eigenvalue weighted by Crippen LogP contribution is 1.89. The van der Waals surface area contributed by atoms with Crippen LogP contribution in [0.2, 0.25) is 0 Å². The van der Waals surface area contributed by atoms with Gasteiger partial charge in [0.2, 0.25) is 0 Å². The standard InChI is InChI=1S/C8H6N4O/c9-4-8(13)12-11-6-7-2-1-3-10-5-7/h1-3,5-6H,(H,12,13)/b11-6-. The van der Waals surface area contributed by atoms with Crippen LogP contribution in [-0.4, -0.2) is 17.1 Å². The molecule has 0 aromatic carbocycles. The van der Waals surface area contributed by atoms with E-state index >= 15 is 0 Å². The van der Waals surface area contributed by atoms with Crippen molar-refractivity contribution in [3.8, 4) is 6.07 Å². The maximum Gasteiger partial charge on any atom is 0.342 e. The third-order valence-electron chi connectivity index (χ3n) is 1.17. The molecule has 1 aromatic heterocycles. The summed E-state index contributed by atoms with van der Waals surface area (Å²) in [6, 6.07) is 4.89. The molecule has 0 aliphatic rings. The number of nitrogens with one attached hydrogen (secondary N) is 1. The largest absolute Gasteiger partial charge is 0.342 e. The number of hydrogen-bond acceptors (Lipinski definition) is 4. The molecule has 1 rings (SSSR count). The van der Waals surface area contributed by atoms with Crippen molar-refractivity contribution < 1.29 is 4.79 Å². The molecule has 0 fully saturated rings. The Labute approximate surface area is 74.7 Å². The Hall–Kier alpha value is -2.22. The molecule has 1 aromatic rings. The summed E-state index contributed by atoms with van der Waals surface area (Å²) < 4.78 is 0. The Morgan fingerprint density at radius 3 is 3.23 bits per heavy atom. The van der Waals surface area contributed by atoms with Gasteiger partial charge in [0.1, 0.15) is 0 Å². The van der Waals surface area contributed by atoms with Gasteiger partial charge >= 0.3 is 5.91 Å². The van der Waals surface area contributed by atoms with Gasteiger partial charge in [-0.1, -0.05) is 6.07 Å². The number of hydrogen-bond donors (Lipinski definition) is 1. The summed E-state index contributed by atoms with van der Waals surface area (Å²) in [6.07, 6.45) is 4.62. The number of carbonyl (C=O) groups excluding carboxylic acids is 1. The van der Waals surface area contributed by atoms with E-state index < -0.39 is 5.91 Å². The Morgan fingerprint density at radius 1 is 1.77 bits per heavy atom. The smallest absolute Gasteiger partial charge is 0.264 e. The summed E-state index contributed by atoms with van der Waals surface area (Å²) in [7, 11) is 0. The minimum absolute atomic E-state index is 0.751. The van der Waals surface area contributed by atoms with Crippen LogP contribution in [-0.2, 0) is 4.79 Å².